The standard InChI is InChI=1S/C11H12N2O7/c14-11(15)3-1-2-6-20-8-4-5-9(12(16)17)10(7-8)13(18)19/h4-5,7H,1-3,6H2,(H,14,15). The zero-order valence-corrected chi connectivity index (χ0v) is 10.4. The van der Waals surface area contributed by atoms with Crippen LogP contribution in [-0.4, -0.2) is 27.5 Å². The number of carbonyl (C=O) groups is 1. The molecule has 1 aromatic rings. The summed E-state index contributed by atoms with van der Waals surface area (Å²) < 4.78 is 5.19. The van der Waals surface area contributed by atoms with Gasteiger partial charge in [-0.3, -0.25) is 25.0 Å². The molecule has 0 radical (unpaired) electrons. The van der Waals surface area contributed by atoms with Crippen molar-refractivity contribution in [1.29, 1.82) is 0 Å². The molecule has 0 aliphatic carbocycles. The Labute approximate surface area is 113 Å². The quantitative estimate of drug-likeness (QED) is 0.439. The minimum absolute atomic E-state index is 0.0176. The van der Waals surface area contributed by atoms with Gasteiger partial charge in [-0.2, -0.15) is 0 Å². The average Bonchev–Trinajstić information content (AvgIpc) is 2.37. The molecule has 9 nitrogen and oxygen atoms in total. The van der Waals surface area contributed by atoms with Crippen LogP contribution in [0.2, 0.25) is 0 Å². The van der Waals surface area contributed by atoms with Crippen molar-refractivity contribution in [3.05, 3.63) is 38.4 Å². The maximum atomic E-state index is 10.7. The van der Waals surface area contributed by atoms with Crippen molar-refractivity contribution in [1.82, 2.24) is 0 Å². The second-order valence-corrected chi connectivity index (χ2v) is 3.86. The molecule has 0 saturated carbocycles. The van der Waals surface area contributed by atoms with Crippen LogP contribution in [0.1, 0.15) is 19.3 Å². The molecule has 1 rings (SSSR count). The number of carboxylic acids is 1. The van der Waals surface area contributed by atoms with Gasteiger partial charge in [0.2, 0.25) is 0 Å². The number of nitrogens with zero attached hydrogens (tertiary/aromatic N) is 2. The summed E-state index contributed by atoms with van der Waals surface area (Å²) >= 11 is 0. The van der Waals surface area contributed by atoms with Gasteiger partial charge in [-0.1, -0.05) is 0 Å². The number of nitro benzene ring substituents is 2. The van der Waals surface area contributed by atoms with Gasteiger partial charge in [-0.05, 0) is 18.9 Å². The highest BCUT2D eigenvalue weighted by Crippen LogP contribution is 2.30. The Morgan fingerprint density at radius 1 is 1.15 bits per heavy atom. The van der Waals surface area contributed by atoms with E-state index >= 15 is 0 Å². The lowest BCUT2D eigenvalue weighted by Crippen LogP contribution is -2.02. The molecule has 0 saturated heterocycles. The van der Waals surface area contributed by atoms with Crippen LogP contribution in [0.5, 0.6) is 5.75 Å². The Bertz CT molecular complexity index is 530. The highest BCUT2D eigenvalue weighted by atomic mass is 16.6. The minimum Gasteiger partial charge on any atom is -0.493 e. The van der Waals surface area contributed by atoms with Gasteiger partial charge in [0.05, 0.1) is 22.5 Å². The molecular weight excluding hydrogens is 272 g/mol. The zero-order valence-electron chi connectivity index (χ0n) is 10.4. The summed E-state index contributed by atoms with van der Waals surface area (Å²) in [6, 6.07) is 3.25. The largest absolute Gasteiger partial charge is 0.493 e. The van der Waals surface area contributed by atoms with Crippen LogP contribution in [0.4, 0.5) is 11.4 Å². The van der Waals surface area contributed by atoms with Gasteiger partial charge in [0.25, 0.3) is 0 Å². The molecular formula is C11H12N2O7. The third kappa shape index (κ3) is 4.52. The number of aliphatic carboxylic acids is 1. The van der Waals surface area contributed by atoms with Crippen molar-refractivity contribution < 1.29 is 24.5 Å². The van der Waals surface area contributed by atoms with Crippen molar-refractivity contribution in [2.45, 2.75) is 19.3 Å². The fraction of sp³-hybridized carbons (Fsp3) is 0.364. The van der Waals surface area contributed by atoms with Crippen molar-refractivity contribution in [3.8, 4) is 5.75 Å². The first-order chi connectivity index (χ1) is 9.41. The highest BCUT2D eigenvalue weighted by molar-refractivity contribution is 5.66. The van der Waals surface area contributed by atoms with E-state index in [1.54, 1.807) is 0 Å². The van der Waals surface area contributed by atoms with E-state index in [0.717, 1.165) is 12.1 Å². The van der Waals surface area contributed by atoms with Crippen molar-refractivity contribution in [2.75, 3.05) is 6.61 Å². The second-order valence-electron chi connectivity index (χ2n) is 3.86. The minimum atomic E-state index is -0.907. The molecule has 0 amide bonds. The lowest BCUT2D eigenvalue weighted by molar-refractivity contribution is -0.422. The van der Waals surface area contributed by atoms with E-state index in [1.807, 2.05) is 0 Å². The van der Waals surface area contributed by atoms with Gasteiger partial charge in [0, 0.05) is 12.5 Å². The summed E-state index contributed by atoms with van der Waals surface area (Å²) in [5.74, 6) is -0.770. The Hall–Kier alpha value is -2.71. The molecule has 0 spiro atoms. The number of hydrogen-bond donors (Lipinski definition) is 1. The van der Waals surface area contributed by atoms with Crippen LogP contribution >= 0.6 is 0 Å². The Kier molecular flexibility index (Phi) is 5.39. The first-order valence-electron chi connectivity index (χ1n) is 5.69. The van der Waals surface area contributed by atoms with Crippen molar-refractivity contribution in [2.24, 2.45) is 0 Å². The summed E-state index contributed by atoms with van der Waals surface area (Å²) in [6.45, 7) is 0.183. The molecule has 0 atom stereocenters. The maximum absolute atomic E-state index is 10.7. The fourth-order valence-corrected chi connectivity index (χ4v) is 1.46. The van der Waals surface area contributed by atoms with Crippen molar-refractivity contribution >= 4 is 17.3 Å². The van der Waals surface area contributed by atoms with Gasteiger partial charge in [0.1, 0.15) is 5.75 Å². The molecule has 0 aliphatic rings. The molecule has 0 bridgehead atoms. The van der Waals surface area contributed by atoms with E-state index in [-0.39, 0.29) is 18.8 Å². The molecule has 0 heterocycles. The number of unbranched alkanes of at least 4 members (excludes halogenated alkanes) is 1. The molecule has 1 aromatic carbocycles. The SMILES string of the molecule is O=C(O)CCCCOc1ccc([N+](=O)[O-])c([N+](=O)[O-])c1. The summed E-state index contributed by atoms with van der Waals surface area (Å²) in [4.78, 5) is 29.9. The molecule has 0 aliphatic heterocycles. The molecule has 108 valence electrons. The summed E-state index contributed by atoms with van der Waals surface area (Å²) in [5.41, 5.74) is -1.24. The number of hydrogen-bond acceptors (Lipinski definition) is 6. The molecule has 9 heteroatoms. The van der Waals surface area contributed by atoms with Gasteiger partial charge in [-0.15, -0.1) is 0 Å². The first-order valence-corrected chi connectivity index (χ1v) is 5.69. The van der Waals surface area contributed by atoms with Gasteiger partial charge in [0.15, 0.2) is 0 Å². The monoisotopic (exact) mass is 284 g/mol. The highest BCUT2D eigenvalue weighted by Gasteiger charge is 2.24. The van der Waals surface area contributed by atoms with E-state index in [2.05, 4.69) is 0 Å². The number of nitro groups is 2. The number of carboxylic acid groups (broad SMARTS) is 1. The predicted octanol–water partition coefficient (Wildman–Crippen LogP) is 2.14. The Morgan fingerprint density at radius 3 is 2.35 bits per heavy atom. The third-order valence-corrected chi connectivity index (χ3v) is 2.39. The fourth-order valence-electron chi connectivity index (χ4n) is 1.46. The maximum Gasteiger partial charge on any atom is 0.349 e. The number of ether oxygens (including phenoxy) is 1. The normalized spacial score (nSPS) is 10.0. The predicted molar refractivity (Wildman–Crippen MR) is 66.7 cm³/mol. The second kappa shape index (κ2) is 7.02. The lowest BCUT2D eigenvalue weighted by atomic mass is 10.2. The summed E-state index contributed by atoms with van der Waals surface area (Å²) in [6.07, 6.45) is 0.908. The van der Waals surface area contributed by atoms with Crippen LogP contribution in [0.3, 0.4) is 0 Å². The van der Waals surface area contributed by atoms with Crippen LogP contribution < -0.4 is 4.74 Å². The molecule has 0 aromatic heterocycles. The third-order valence-electron chi connectivity index (χ3n) is 2.39. The van der Waals surface area contributed by atoms with Crippen molar-refractivity contribution in [3.63, 3.8) is 0 Å². The van der Waals surface area contributed by atoms with E-state index < -0.39 is 27.2 Å². The molecule has 0 fully saturated rings. The number of benzene rings is 1. The van der Waals surface area contributed by atoms with Crippen LogP contribution in [0.15, 0.2) is 18.2 Å². The van der Waals surface area contributed by atoms with E-state index in [0.29, 0.717) is 12.8 Å². The zero-order chi connectivity index (χ0) is 15.1. The van der Waals surface area contributed by atoms with Gasteiger partial charge < -0.3 is 9.84 Å². The average molecular weight is 284 g/mol. The van der Waals surface area contributed by atoms with Crippen LogP contribution in [0.25, 0.3) is 0 Å². The smallest absolute Gasteiger partial charge is 0.349 e. The summed E-state index contributed by atoms with van der Waals surface area (Å²) in [5, 5.41) is 29.7. The Balaban J connectivity index is 2.64. The van der Waals surface area contributed by atoms with E-state index in [1.165, 1.54) is 6.07 Å². The van der Waals surface area contributed by atoms with Crippen LogP contribution in [0, 0.1) is 20.2 Å². The van der Waals surface area contributed by atoms with E-state index in [4.69, 9.17) is 9.84 Å². The Morgan fingerprint density at radius 2 is 1.80 bits per heavy atom. The van der Waals surface area contributed by atoms with Gasteiger partial charge >= 0.3 is 17.3 Å². The first kappa shape index (κ1) is 15.3. The van der Waals surface area contributed by atoms with E-state index in [9.17, 15) is 25.0 Å². The number of rotatable bonds is 8. The molecule has 20 heavy (non-hydrogen) atoms. The molecule has 1 N–H and O–H groups in total. The topological polar surface area (TPSA) is 133 Å². The molecule has 0 unspecified atom stereocenters. The lowest BCUT2D eigenvalue weighted by Gasteiger charge is -2.05. The summed E-state index contributed by atoms with van der Waals surface area (Å²) in [7, 11) is 0. The van der Waals surface area contributed by atoms with Crippen LogP contribution in [-0.2, 0) is 4.79 Å². The van der Waals surface area contributed by atoms with Gasteiger partial charge in [-0.25, -0.2) is 0 Å².